The van der Waals surface area contributed by atoms with Gasteiger partial charge in [-0.05, 0) is 64.6 Å². The molecule has 4 nitrogen and oxygen atoms in total. The van der Waals surface area contributed by atoms with Gasteiger partial charge >= 0.3 is 6.09 Å². The first kappa shape index (κ1) is 12.9. The third-order valence-corrected chi connectivity index (χ3v) is 4.98. The van der Waals surface area contributed by atoms with Crippen molar-refractivity contribution in [1.29, 1.82) is 0 Å². The number of carbonyl (C=O) groups excluding carboxylic acids is 1. The van der Waals surface area contributed by atoms with E-state index in [0.29, 0.717) is 32.4 Å². The molecule has 19 heavy (non-hydrogen) atoms. The molecule has 3 rings (SSSR count). The van der Waals surface area contributed by atoms with Crippen LogP contribution in [0.1, 0.15) is 33.5 Å². The molecule has 0 unspecified atom stereocenters. The predicted octanol–water partition coefficient (Wildman–Crippen LogP) is 2.50. The first-order valence-corrected chi connectivity index (χ1v) is 7.50. The highest BCUT2D eigenvalue weighted by Gasteiger charge is 2.29. The van der Waals surface area contributed by atoms with Gasteiger partial charge in [-0.3, -0.25) is 4.79 Å². The second-order valence-electron chi connectivity index (χ2n) is 5.04. The molecule has 1 aromatic rings. The first-order valence-electron chi connectivity index (χ1n) is 6.42. The zero-order valence-corrected chi connectivity index (χ0v) is 12.6. The summed E-state index contributed by atoms with van der Waals surface area (Å²) < 4.78 is 1.15. The molecule has 0 fully saturated rings. The second kappa shape index (κ2) is 4.77. The second-order valence-corrected chi connectivity index (χ2v) is 6.20. The van der Waals surface area contributed by atoms with Gasteiger partial charge in [0.2, 0.25) is 0 Å². The minimum atomic E-state index is -0.870. The van der Waals surface area contributed by atoms with Crippen LogP contribution in [0.4, 0.5) is 4.79 Å². The van der Waals surface area contributed by atoms with E-state index in [1.807, 2.05) is 0 Å². The van der Waals surface area contributed by atoms with Gasteiger partial charge in [0, 0.05) is 28.6 Å². The van der Waals surface area contributed by atoms with Gasteiger partial charge in [-0.15, -0.1) is 0 Å². The molecule has 100 valence electrons. The van der Waals surface area contributed by atoms with Gasteiger partial charge in [-0.2, -0.15) is 0 Å². The average Bonchev–Trinajstić information content (AvgIpc) is 2.62. The van der Waals surface area contributed by atoms with Crippen LogP contribution < -0.4 is 0 Å². The Morgan fingerprint density at radius 3 is 2.63 bits per heavy atom. The topological polar surface area (TPSA) is 57.6 Å². The van der Waals surface area contributed by atoms with Crippen LogP contribution in [0, 0.1) is 3.57 Å². The van der Waals surface area contributed by atoms with E-state index in [1.165, 1.54) is 10.5 Å². The Morgan fingerprint density at radius 2 is 1.89 bits per heavy atom. The molecule has 1 amide bonds. The van der Waals surface area contributed by atoms with Gasteiger partial charge in [0.05, 0.1) is 0 Å². The largest absolute Gasteiger partial charge is 0.465 e. The van der Waals surface area contributed by atoms with Crippen molar-refractivity contribution in [3.63, 3.8) is 0 Å². The molecular weight excluding hydrogens is 357 g/mol. The summed E-state index contributed by atoms with van der Waals surface area (Å²) in [6.07, 6.45) is 1.93. The number of rotatable bonds is 0. The van der Waals surface area contributed by atoms with E-state index in [0.717, 1.165) is 26.7 Å². The molecule has 1 heterocycles. The van der Waals surface area contributed by atoms with Crippen LogP contribution in [-0.2, 0) is 19.3 Å². The predicted molar refractivity (Wildman–Crippen MR) is 78.8 cm³/mol. The van der Waals surface area contributed by atoms with Crippen LogP contribution in [0.25, 0.3) is 0 Å². The van der Waals surface area contributed by atoms with Crippen LogP contribution in [0.3, 0.4) is 0 Å². The lowest BCUT2D eigenvalue weighted by molar-refractivity contribution is 0.0993. The molecule has 1 aromatic carbocycles. The number of fused-ring (bicyclic) bond motifs is 3. The summed E-state index contributed by atoms with van der Waals surface area (Å²) in [6, 6.07) is 2.14. The number of nitrogens with zero attached hydrogens (tertiary/aromatic N) is 1. The lowest BCUT2D eigenvalue weighted by Crippen LogP contribution is -2.31. The maximum atomic E-state index is 12.1. The molecule has 0 aromatic heterocycles. The SMILES string of the molecule is O=C1CCc2c(I)cc3c(c21)CCN(C(=O)O)CC3. The van der Waals surface area contributed by atoms with E-state index in [9.17, 15) is 9.59 Å². The fourth-order valence-electron chi connectivity index (χ4n) is 3.05. The summed E-state index contributed by atoms with van der Waals surface area (Å²) in [5, 5.41) is 9.10. The summed E-state index contributed by atoms with van der Waals surface area (Å²) in [5.74, 6) is 0.230. The number of ketones is 1. The van der Waals surface area contributed by atoms with Gasteiger partial charge in [0.1, 0.15) is 0 Å². The summed E-state index contributed by atoms with van der Waals surface area (Å²) in [5.41, 5.74) is 4.33. The number of hydrogen-bond donors (Lipinski definition) is 1. The molecule has 1 aliphatic heterocycles. The van der Waals surface area contributed by atoms with E-state index < -0.39 is 6.09 Å². The molecule has 0 saturated carbocycles. The van der Waals surface area contributed by atoms with Crippen molar-refractivity contribution in [2.45, 2.75) is 25.7 Å². The van der Waals surface area contributed by atoms with Crippen molar-refractivity contribution >= 4 is 34.5 Å². The van der Waals surface area contributed by atoms with Gasteiger partial charge in [0.25, 0.3) is 0 Å². The summed E-state index contributed by atoms with van der Waals surface area (Å²) >= 11 is 2.29. The Bertz CT molecular complexity index is 583. The van der Waals surface area contributed by atoms with E-state index in [1.54, 1.807) is 0 Å². The Balaban J connectivity index is 2.06. The molecule has 1 N–H and O–H groups in total. The molecule has 1 aliphatic carbocycles. The molecule has 5 heteroatoms. The summed E-state index contributed by atoms with van der Waals surface area (Å²) in [6.45, 7) is 1.01. The van der Waals surface area contributed by atoms with Crippen LogP contribution in [-0.4, -0.2) is 35.0 Å². The number of halogens is 1. The molecule has 0 atom stereocenters. The quantitative estimate of drug-likeness (QED) is 0.713. The smallest absolute Gasteiger partial charge is 0.407 e. The molecule has 0 spiro atoms. The zero-order chi connectivity index (χ0) is 13.6. The van der Waals surface area contributed by atoms with Crippen LogP contribution >= 0.6 is 22.6 Å². The lowest BCUT2D eigenvalue weighted by Gasteiger charge is -2.15. The van der Waals surface area contributed by atoms with Crippen LogP contribution in [0.15, 0.2) is 6.07 Å². The normalized spacial score (nSPS) is 17.9. The van der Waals surface area contributed by atoms with Crippen molar-refractivity contribution in [1.82, 2.24) is 4.90 Å². The maximum absolute atomic E-state index is 12.1. The van der Waals surface area contributed by atoms with Crippen LogP contribution in [0.5, 0.6) is 0 Å². The highest BCUT2D eigenvalue weighted by molar-refractivity contribution is 14.1. The van der Waals surface area contributed by atoms with Crippen molar-refractivity contribution < 1.29 is 14.7 Å². The minimum absolute atomic E-state index is 0.230. The maximum Gasteiger partial charge on any atom is 0.407 e. The van der Waals surface area contributed by atoms with Gasteiger partial charge in [-0.25, -0.2) is 4.79 Å². The third-order valence-electron chi connectivity index (χ3n) is 4.01. The van der Waals surface area contributed by atoms with Crippen molar-refractivity contribution in [2.24, 2.45) is 0 Å². The van der Waals surface area contributed by atoms with Gasteiger partial charge in [0.15, 0.2) is 5.78 Å². The van der Waals surface area contributed by atoms with E-state index in [-0.39, 0.29) is 5.78 Å². The number of Topliss-reactive ketones (excluding diaryl/α,β-unsaturated/α-hetero) is 1. The van der Waals surface area contributed by atoms with E-state index >= 15 is 0 Å². The number of benzene rings is 1. The van der Waals surface area contributed by atoms with Crippen molar-refractivity contribution in [3.05, 3.63) is 31.9 Å². The molecule has 0 saturated heterocycles. The number of carboxylic acid groups (broad SMARTS) is 1. The highest BCUT2D eigenvalue weighted by Crippen LogP contribution is 2.33. The number of amides is 1. The van der Waals surface area contributed by atoms with Crippen molar-refractivity contribution in [2.75, 3.05) is 13.1 Å². The Labute approximate surface area is 124 Å². The average molecular weight is 371 g/mol. The molecule has 2 aliphatic rings. The van der Waals surface area contributed by atoms with Gasteiger partial charge in [-0.1, -0.05) is 0 Å². The lowest BCUT2D eigenvalue weighted by atomic mass is 9.94. The van der Waals surface area contributed by atoms with Crippen molar-refractivity contribution in [3.8, 4) is 0 Å². The molecule has 0 bridgehead atoms. The number of hydrogen-bond acceptors (Lipinski definition) is 2. The summed E-state index contributed by atoms with van der Waals surface area (Å²) in [7, 11) is 0. The monoisotopic (exact) mass is 371 g/mol. The molecule has 0 radical (unpaired) electrons. The first-order chi connectivity index (χ1) is 9.08. The fraction of sp³-hybridized carbons (Fsp3) is 0.429. The van der Waals surface area contributed by atoms with Crippen LogP contribution in [0.2, 0.25) is 0 Å². The van der Waals surface area contributed by atoms with Gasteiger partial charge < -0.3 is 10.0 Å². The van der Waals surface area contributed by atoms with E-state index in [2.05, 4.69) is 28.7 Å². The standard InChI is InChI=1S/C14H14INO3/c15-11-7-8-3-5-16(14(18)19)6-4-9(8)13-10(11)1-2-12(13)17/h7H,1-6H2,(H,18,19). The Morgan fingerprint density at radius 1 is 1.16 bits per heavy atom. The fourth-order valence-corrected chi connectivity index (χ4v) is 3.96. The van der Waals surface area contributed by atoms with E-state index in [4.69, 9.17) is 5.11 Å². The molecular formula is C14H14INO3. The minimum Gasteiger partial charge on any atom is -0.465 e. The summed E-state index contributed by atoms with van der Waals surface area (Å²) in [4.78, 5) is 24.6. The Kier molecular flexibility index (Phi) is 3.24. The zero-order valence-electron chi connectivity index (χ0n) is 10.4. The highest BCUT2D eigenvalue weighted by atomic mass is 127. The Hall–Kier alpha value is -1.11. The number of carbonyl (C=O) groups is 2. The third kappa shape index (κ3) is 2.13.